The molecule has 1 aliphatic rings. The van der Waals surface area contributed by atoms with Crippen molar-refractivity contribution in [2.45, 2.75) is 12.8 Å². The molecule has 0 saturated carbocycles. The van der Waals surface area contributed by atoms with Gasteiger partial charge < -0.3 is 10.5 Å². The van der Waals surface area contributed by atoms with E-state index in [1.54, 1.807) is 0 Å². The number of hydrogen-bond donors (Lipinski definition) is 1. The van der Waals surface area contributed by atoms with Gasteiger partial charge in [-0.25, -0.2) is 0 Å². The summed E-state index contributed by atoms with van der Waals surface area (Å²) in [6, 6.07) is 0. The maximum atomic E-state index is 5.92. The Morgan fingerprint density at radius 3 is 2.44 bits per heavy atom. The van der Waals surface area contributed by atoms with E-state index in [-0.39, 0.29) is 5.41 Å². The second kappa shape index (κ2) is 6.84. The van der Waals surface area contributed by atoms with Crippen LogP contribution in [0.5, 0.6) is 0 Å². The fraction of sp³-hybridized carbons (Fsp3) is 0.692. The van der Waals surface area contributed by atoms with Crippen LogP contribution < -0.4 is 5.73 Å². The van der Waals surface area contributed by atoms with Crippen LogP contribution in [0.3, 0.4) is 0 Å². The van der Waals surface area contributed by atoms with Gasteiger partial charge in [-0.1, -0.05) is 12.2 Å². The van der Waals surface area contributed by atoms with Crippen LogP contribution >= 0.6 is 0 Å². The van der Waals surface area contributed by atoms with Gasteiger partial charge in [0.1, 0.15) is 0 Å². The van der Waals surface area contributed by atoms with Gasteiger partial charge in [-0.05, 0) is 12.8 Å². The van der Waals surface area contributed by atoms with Crippen LogP contribution in [-0.4, -0.2) is 44.3 Å². The second-order valence-electron chi connectivity index (χ2n) is 4.63. The Labute approximate surface area is 98.9 Å². The van der Waals surface area contributed by atoms with E-state index in [9.17, 15) is 0 Å². The monoisotopic (exact) mass is 224 g/mol. The minimum atomic E-state index is 0.129. The van der Waals surface area contributed by atoms with Gasteiger partial charge in [0.2, 0.25) is 0 Å². The van der Waals surface area contributed by atoms with Crippen molar-refractivity contribution in [3.63, 3.8) is 0 Å². The number of hydrogen-bond acceptors (Lipinski definition) is 3. The summed E-state index contributed by atoms with van der Waals surface area (Å²) in [7, 11) is 0. The molecule has 0 spiro atoms. The van der Waals surface area contributed by atoms with E-state index in [0.29, 0.717) is 6.54 Å². The van der Waals surface area contributed by atoms with Gasteiger partial charge in [-0.3, -0.25) is 4.90 Å². The van der Waals surface area contributed by atoms with Gasteiger partial charge >= 0.3 is 0 Å². The highest BCUT2D eigenvalue weighted by atomic mass is 16.5. The van der Waals surface area contributed by atoms with Crippen molar-refractivity contribution in [1.29, 1.82) is 0 Å². The largest absolute Gasteiger partial charge is 0.381 e. The highest BCUT2D eigenvalue weighted by molar-refractivity contribution is 4.89. The summed E-state index contributed by atoms with van der Waals surface area (Å²) in [4.78, 5) is 2.32. The molecule has 3 heteroatoms. The lowest BCUT2D eigenvalue weighted by molar-refractivity contribution is -0.0187. The summed E-state index contributed by atoms with van der Waals surface area (Å²) in [5, 5.41) is 0. The summed E-state index contributed by atoms with van der Waals surface area (Å²) in [5.74, 6) is 0. The standard InChI is InChI=1S/C13H24N2O/c1-3-7-15(8-4-2)11-13(10-14)6-5-9-16-12-13/h3-4H,1-2,5-12,14H2. The molecule has 0 amide bonds. The minimum Gasteiger partial charge on any atom is -0.381 e. The van der Waals surface area contributed by atoms with Crippen LogP contribution in [0.2, 0.25) is 0 Å². The Bertz CT molecular complexity index is 212. The van der Waals surface area contributed by atoms with Crippen LogP contribution in [0.15, 0.2) is 25.3 Å². The smallest absolute Gasteiger partial charge is 0.0546 e. The lowest BCUT2D eigenvalue weighted by Crippen LogP contribution is -2.47. The Kier molecular flexibility index (Phi) is 5.74. The molecule has 92 valence electrons. The van der Waals surface area contributed by atoms with E-state index in [1.807, 2.05) is 12.2 Å². The first-order valence-electron chi connectivity index (χ1n) is 5.98. The maximum Gasteiger partial charge on any atom is 0.0546 e. The molecule has 1 aliphatic heterocycles. The third kappa shape index (κ3) is 3.74. The fourth-order valence-corrected chi connectivity index (χ4v) is 2.30. The molecule has 1 saturated heterocycles. The van der Waals surface area contributed by atoms with Crippen LogP contribution in [0.4, 0.5) is 0 Å². The maximum absolute atomic E-state index is 5.92. The minimum absolute atomic E-state index is 0.129. The van der Waals surface area contributed by atoms with Crippen molar-refractivity contribution >= 4 is 0 Å². The average Bonchev–Trinajstić information content (AvgIpc) is 2.31. The highest BCUT2D eigenvalue weighted by Gasteiger charge is 2.32. The lowest BCUT2D eigenvalue weighted by Gasteiger charge is -2.39. The Hall–Kier alpha value is -0.640. The molecular formula is C13H24N2O. The molecule has 1 rings (SSSR count). The normalized spacial score (nSPS) is 25.6. The third-order valence-corrected chi connectivity index (χ3v) is 3.17. The predicted molar refractivity (Wildman–Crippen MR) is 68.4 cm³/mol. The van der Waals surface area contributed by atoms with Crippen molar-refractivity contribution in [3.05, 3.63) is 25.3 Å². The molecule has 1 atom stereocenters. The van der Waals surface area contributed by atoms with E-state index < -0.39 is 0 Å². The first-order valence-corrected chi connectivity index (χ1v) is 5.98. The molecule has 3 nitrogen and oxygen atoms in total. The van der Waals surface area contributed by atoms with Crippen molar-refractivity contribution in [3.8, 4) is 0 Å². The number of rotatable bonds is 7. The summed E-state index contributed by atoms with van der Waals surface area (Å²) in [6.07, 6.45) is 6.14. The van der Waals surface area contributed by atoms with Crippen LogP contribution in [0.1, 0.15) is 12.8 Å². The zero-order valence-corrected chi connectivity index (χ0v) is 10.2. The molecule has 0 aliphatic carbocycles. The van der Waals surface area contributed by atoms with Crippen molar-refractivity contribution in [2.75, 3.05) is 39.4 Å². The van der Waals surface area contributed by atoms with Gasteiger partial charge in [0.15, 0.2) is 0 Å². The average molecular weight is 224 g/mol. The predicted octanol–water partition coefficient (Wildman–Crippen LogP) is 1.42. The van der Waals surface area contributed by atoms with E-state index in [0.717, 1.165) is 45.7 Å². The molecule has 1 unspecified atom stereocenters. The van der Waals surface area contributed by atoms with Gasteiger partial charge in [-0.15, -0.1) is 13.2 Å². The number of nitrogens with zero attached hydrogens (tertiary/aromatic N) is 1. The fourth-order valence-electron chi connectivity index (χ4n) is 2.30. The van der Waals surface area contributed by atoms with Crippen molar-refractivity contribution in [2.24, 2.45) is 11.1 Å². The molecule has 0 bridgehead atoms. The second-order valence-corrected chi connectivity index (χ2v) is 4.63. The molecule has 0 aromatic rings. The van der Waals surface area contributed by atoms with E-state index >= 15 is 0 Å². The molecule has 16 heavy (non-hydrogen) atoms. The van der Waals surface area contributed by atoms with Crippen LogP contribution in [-0.2, 0) is 4.74 Å². The van der Waals surface area contributed by atoms with E-state index in [2.05, 4.69) is 18.1 Å². The SMILES string of the molecule is C=CCN(CC=C)CC1(CN)CCCOC1. The quantitative estimate of drug-likeness (QED) is 0.665. The zero-order valence-electron chi connectivity index (χ0n) is 10.2. The summed E-state index contributed by atoms with van der Waals surface area (Å²) >= 11 is 0. The first-order chi connectivity index (χ1) is 7.76. The molecule has 0 aromatic heterocycles. The highest BCUT2D eigenvalue weighted by Crippen LogP contribution is 2.28. The zero-order chi connectivity index (χ0) is 11.9. The Morgan fingerprint density at radius 2 is 2.00 bits per heavy atom. The van der Waals surface area contributed by atoms with Crippen molar-refractivity contribution in [1.82, 2.24) is 4.90 Å². The third-order valence-electron chi connectivity index (χ3n) is 3.17. The number of nitrogens with two attached hydrogens (primary N) is 1. The molecule has 2 N–H and O–H groups in total. The van der Waals surface area contributed by atoms with Crippen molar-refractivity contribution < 1.29 is 4.74 Å². The number of ether oxygens (including phenoxy) is 1. The first kappa shape index (κ1) is 13.4. The molecule has 1 fully saturated rings. The van der Waals surface area contributed by atoms with Gasteiger partial charge in [0.25, 0.3) is 0 Å². The van der Waals surface area contributed by atoms with Gasteiger partial charge in [-0.2, -0.15) is 0 Å². The summed E-state index contributed by atoms with van der Waals surface area (Å²) in [6.45, 7) is 12.7. The molecule has 0 aromatic carbocycles. The van der Waals surface area contributed by atoms with Gasteiger partial charge in [0, 0.05) is 38.2 Å². The summed E-state index contributed by atoms with van der Waals surface area (Å²) < 4.78 is 5.58. The van der Waals surface area contributed by atoms with Crippen LogP contribution in [0.25, 0.3) is 0 Å². The van der Waals surface area contributed by atoms with Gasteiger partial charge in [0.05, 0.1) is 6.61 Å². The van der Waals surface area contributed by atoms with Crippen LogP contribution in [0, 0.1) is 5.41 Å². The Morgan fingerprint density at radius 1 is 1.31 bits per heavy atom. The van der Waals surface area contributed by atoms with E-state index in [4.69, 9.17) is 10.5 Å². The van der Waals surface area contributed by atoms with E-state index in [1.165, 1.54) is 0 Å². The summed E-state index contributed by atoms with van der Waals surface area (Å²) in [5.41, 5.74) is 6.05. The molecule has 1 heterocycles. The topological polar surface area (TPSA) is 38.5 Å². The Balaban J connectivity index is 2.56. The molecule has 0 radical (unpaired) electrons. The lowest BCUT2D eigenvalue weighted by atomic mass is 9.82. The molecular weight excluding hydrogens is 200 g/mol.